The number of aliphatic hydroxyl groups excluding tert-OH is 1. The van der Waals surface area contributed by atoms with Gasteiger partial charge in [0.15, 0.2) is 18.7 Å². The second-order valence-corrected chi connectivity index (χ2v) is 8.27. The van der Waals surface area contributed by atoms with Crippen molar-refractivity contribution in [2.75, 3.05) is 13.7 Å². The Kier molecular flexibility index (Phi) is 9.74. The Morgan fingerprint density at radius 3 is 2.48 bits per heavy atom. The van der Waals surface area contributed by atoms with Crippen LogP contribution >= 0.6 is 0 Å². The Hall–Kier alpha value is -1.51. The fourth-order valence-electron chi connectivity index (χ4n) is 4.11. The van der Waals surface area contributed by atoms with Crippen molar-refractivity contribution in [2.24, 2.45) is 0 Å². The molecule has 6 atom stereocenters. The third-order valence-corrected chi connectivity index (χ3v) is 5.86. The van der Waals surface area contributed by atoms with Gasteiger partial charge < -0.3 is 28.8 Å². The molecule has 0 saturated carbocycles. The van der Waals surface area contributed by atoms with Gasteiger partial charge in [0.1, 0.15) is 18.3 Å². The highest BCUT2D eigenvalue weighted by Gasteiger charge is 2.51. The van der Waals surface area contributed by atoms with Crippen molar-refractivity contribution in [3.63, 3.8) is 0 Å². The maximum Gasteiger partial charge on any atom is 0.306 e. The number of aliphatic hydroxyl groups is 1. The van der Waals surface area contributed by atoms with E-state index in [2.05, 4.69) is 6.92 Å². The second kappa shape index (κ2) is 12.5. The van der Waals surface area contributed by atoms with Crippen LogP contribution in [0.5, 0.6) is 0 Å². The molecule has 2 aliphatic heterocycles. The number of rotatable bonds is 11. The predicted molar refractivity (Wildman–Crippen MR) is 114 cm³/mol. The van der Waals surface area contributed by atoms with Crippen molar-refractivity contribution < 1.29 is 33.6 Å². The first-order valence-electron chi connectivity index (χ1n) is 11.5. The van der Waals surface area contributed by atoms with Gasteiger partial charge in [0.25, 0.3) is 0 Å². The van der Waals surface area contributed by atoms with Crippen molar-refractivity contribution in [1.29, 1.82) is 0 Å². The fourth-order valence-corrected chi connectivity index (χ4v) is 4.11. The van der Waals surface area contributed by atoms with E-state index in [0.717, 1.165) is 24.8 Å². The highest BCUT2D eigenvalue weighted by molar-refractivity contribution is 5.69. The van der Waals surface area contributed by atoms with Crippen LogP contribution in [0.4, 0.5) is 0 Å². The lowest BCUT2D eigenvalue weighted by Gasteiger charge is -2.47. The molecule has 2 aliphatic rings. The highest BCUT2D eigenvalue weighted by atomic mass is 16.8. The third kappa shape index (κ3) is 6.73. The van der Waals surface area contributed by atoms with E-state index in [1.807, 2.05) is 30.3 Å². The normalized spacial score (nSPS) is 30.5. The summed E-state index contributed by atoms with van der Waals surface area (Å²) in [5.41, 5.74) is 0.859. The largest absolute Gasteiger partial charge is 0.456 e. The number of unbranched alkanes of at least 4 members (excludes halogenated alkanes) is 6. The molecule has 1 aromatic rings. The summed E-state index contributed by atoms with van der Waals surface area (Å²) in [5, 5.41) is 10.7. The van der Waals surface area contributed by atoms with Gasteiger partial charge in [-0.2, -0.15) is 0 Å². The molecule has 7 heteroatoms. The quantitative estimate of drug-likeness (QED) is 0.416. The standard InChI is InChI=1S/C24H36O7/c1-3-4-5-6-7-8-12-15-19(25)30-22-20(26)24(27-2)29-18-16-28-23(31-21(18)22)17-13-10-9-11-14-17/h9-11,13-14,18,20-24,26H,3-8,12,15-16H2,1-2H3/t18-,20-,21-,22-,23?,24+/m1/s1. The molecule has 0 amide bonds. The van der Waals surface area contributed by atoms with Crippen molar-refractivity contribution in [2.45, 2.75) is 95.3 Å². The molecule has 0 aliphatic carbocycles. The first-order valence-corrected chi connectivity index (χ1v) is 11.5. The third-order valence-electron chi connectivity index (χ3n) is 5.86. The molecule has 2 fully saturated rings. The molecule has 0 radical (unpaired) electrons. The lowest BCUT2D eigenvalue weighted by molar-refractivity contribution is -0.358. The zero-order valence-corrected chi connectivity index (χ0v) is 18.6. The average Bonchev–Trinajstić information content (AvgIpc) is 2.80. The van der Waals surface area contributed by atoms with Gasteiger partial charge in [-0.25, -0.2) is 0 Å². The Morgan fingerprint density at radius 2 is 1.77 bits per heavy atom. The van der Waals surface area contributed by atoms with Crippen LogP contribution in [0.2, 0.25) is 0 Å². The molecule has 7 nitrogen and oxygen atoms in total. The van der Waals surface area contributed by atoms with Crippen LogP contribution in [-0.4, -0.2) is 55.5 Å². The van der Waals surface area contributed by atoms with E-state index in [1.165, 1.54) is 32.8 Å². The highest BCUT2D eigenvalue weighted by Crippen LogP contribution is 2.35. The van der Waals surface area contributed by atoms with Crippen LogP contribution in [0, 0.1) is 0 Å². The van der Waals surface area contributed by atoms with Crippen molar-refractivity contribution >= 4 is 5.97 Å². The molecule has 0 spiro atoms. The topological polar surface area (TPSA) is 83.5 Å². The number of carbonyl (C=O) groups is 1. The fraction of sp³-hybridized carbons (Fsp3) is 0.708. The zero-order valence-electron chi connectivity index (χ0n) is 18.6. The van der Waals surface area contributed by atoms with Crippen LogP contribution in [0.25, 0.3) is 0 Å². The Morgan fingerprint density at radius 1 is 1.06 bits per heavy atom. The molecule has 3 rings (SSSR count). The zero-order chi connectivity index (χ0) is 22.1. The average molecular weight is 437 g/mol. The minimum absolute atomic E-state index is 0.253. The van der Waals surface area contributed by atoms with E-state index >= 15 is 0 Å². The van der Waals surface area contributed by atoms with Gasteiger partial charge in [-0.05, 0) is 6.42 Å². The van der Waals surface area contributed by atoms with Gasteiger partial charge in [-0.1, -0.05) is 75.8 Å². The Balaban J connectivity index is 1.55. The van der Waals surface area contributed by atoms with E-state index < -0.39 is 37.0 Å². The summed E-state index contributed by atoms with van der Waals surface area (Å²) in [6, 6.07) is 9.54. The number of esters is 1. The van der Waals surface area contributed by atoms with Crippen molar-refractivity contribution in [1.82, 2.24) is 0 Å². The van der Waals surface area contributed by atoms with Crippen LogP contribution < -0.4 is 0 Å². The van der Waals surface area contributed by atoms with E-state index in [1.54, 1.807) is 0 Å². The van der Waals surface area contributed by atoms with Crippen molar-refractivity contribution in [3.8, 4) is 0 Å². The number of benzene rings is 1. The first-order chi connectivity index (χ1) is 15.1. The van der Waals surface area contributed by atoms with E-state index in [9.17, 15) is 9.90 Å². The van der Waals surface area contributed by atoms with E-state index in [-0.39, 0.29) is 12.6 Å². The summed E-state index contributed by atoms with van der Waals surface area (Å²) in [5.74, 6) is -0.334. The number of methoxy groups -OCH3 is 1. The van der Waals surface area contributed by atoms with Crippen LogP contribution in [0.1, 0.15) is 70.1 Å². The molecule has 2 saturated heterocycles. The molecule has 31 heavy (non-hydrogen) atoms. The smallest absolute Gasteiger partial charge is 0.306 e. The first kappa shape index (κ1) is 24.1. The van der Waals surface area contributed by atoms with Gasteiger partial charge in [-0.3, -0.25) is 4.79 Å². The number of fused-ring (bicyclic) bond motifs is 1. The van der Waals surface area contributed by atoms with Gasteiger partial charge in [0.05, 0.1) is 6.61 Å². The molecule has 1 unspecified atom stereocenters. The number of ether oxygens (including phenoxy) is 5. The molecule has 2 heterocycles. The van der Waals surface area contributed by atoms with E-state index in [0.29, 0.717) is 6.42 Å². The summed E-state index contributed by atoms with van der Waals surface area (Å²) in [6.45, 7) is 2.45. The summed E-state index contributed by atoms with van der Waals surface area (Å²) in [7, 11) is 1.45. The van der Waals surface area contributed by atoms with Gasteiger partial charge in [0, 0.05) is 19.1 Å². The second-order valence-electron chi connectivity index (χ2n) is 8.27. The van der Waals surface area contributed by atoms with Crippen LogP contribution in [0.15, 0.2) is 30.3 Å². The number of hydrogen-bond acceptors (Lipinski definition) is 7. The van der Waals surface area contributed by atoms with E-state index in [4.69, 9.17) is 23.7 Å². The monoisotopic (exact) mass is 436 g/mol. The lowest BCUT2D eigenvalue weighted by atomic mass is 9.97. The summed E-state index contributed by atoms with van der Waals surface area (Å²) in [6.07, 6.45) is 3.51. The minimum atomic E-state index is -1.14. The number of carbonyl (C=O) groups excluding carboxylic acids is 1. The summed E-state index contributed by atoms with van der Waals surface area (Å²) < 4.78 is 28.6. The molecule has 1 N–H and O–H groups in total. The molecule has 1 aromatic carbocycles. The lowest BCUT2D eigenvalue weighted by Crippen LogP contribution is -2.63. The Labute approximate surface area is 185 Å². The van der Waals surface area contributed by atoms with Crippen molar-refractivity contribution in [3.05, 3.63) is 35.9 Å². The van der Waals surface area contributed by atoms with Gasteiger partial charge >= 0.3 is 5.97 Å². The molecular formula is C24H36O7. The number of hydrogen-bond donors (Lipinski definition) is 1. The minimum Gasteiger partial charge on any atom is -0.456 e. The molecule has 0 bridgehead atoms. The van der Waals surface area contributed by atoms with Crippen LogP contribution in [0.3, 0.4) is 0 Å². The molecule has 174 valence electrons. The Bertz CT molecular complexity index is 653. The maximum atomic E-state index is 12.5. The van der Waals surface area contributed by atoms with Gasteiger partial charge in [-0.15, -0.1) is 0 Å². The summed E-state index contributed by atoms with van der Waals surface area (Å²) >= 11 is 0. The SMILES string of the molecule is CCCCCCCCCC(=O)O[C@@H]1[C@@H](O)[C@@H](OC)O[C@@H]2COC(c3ccccc3)O[C@@H]12. The molecular weight excluding hydrogens is 400 g/mol. The summed E-state index contributed by atoms with van der Waals surface area (Å²) in [4.78, 5) is 12.5. The molecule has 0 aromatic heterocycles. The predicted octanol–water partition coefficient (Wildman–Crippen LogP) is 3.89. The van der Waals surface area contributed by atoms with Gasteiger partial charge in [0.2, 0.25) is 0 Å². The maximum absolute atomic E-state index is 12.5. The van der Waals surface area contributed by atoms with Crippen LogP contribution in [-0.2, 0) is 28.5 Å².